The highest BCUT2D eigenvalue weighted by molar-refractivity contribution is 5.79. The number of benzene rings is 2. The van der Waals surface area contributed by atoms with Crippen molar-refractivity contribution < 1.29 is 37.4 Å². The van der Waals surface area contributed by atoms with Crippen molar-refractivity contribution in [3.05, 3.63) is 47.5 Å². The summed E-state index contributed by atoms with van der Waals surface area (Å²) >= 11 is 0. The molecular weight excluding hydrogens is 398 g/mol. The van der Waals surface area contributed by atoms with Gasteiger partial charge < -0.3 is 29.2 Å². The minimum atomic E-state index is -2.92. The molecule has 0 spiro atoms. The van der Waals surface area contributed by atoms with Crippen LogP contribution in [0.3, 0.4) is 0 Å². The molecular formula is C21H25F2N2O5+. The summed E-state index contributed by atoms with van der Waals surface area (Å²) in [4.78, 5) is 13.5. The Bertz CT molecular complexity index is 894. The summed E-state index contributed by atoms with van der Waals surface area (Å²) in [5.41, 5.74) is 1.75. The summed E-state index contributed by atoms with van der Waals surface area (Å²) in [5.74, 6) is 1.47. The highest BCUT2D eigenvalue weighted by atomic mass is 19.3. The lowest BCUT2D eigenvalue weighted by atomic mass is 10.1. The van der Waals surface area contributed by atoms with Gasteiger partial charge in [-0.15, -0.1) is 0 Å². The number of ether oxygens (including phenoxy) is 4. The van der Waals surface area contributed by atoms with Gasteiger partial charge in [0.15, 0.2) is 29.0 Å². The SMILES string of the molecule is COc1cc(C[NH+](C)[C@@H](C)C(=O)NCc2ccc3c(c2)OCO3)ccc1OC(F)F. The Morgan fingerprint density at radius 1 is 1.13 bits per heavy atom. The first-order chi connectivity index (χ1) is 14.4. The molecule has 3 rings (SSSR count). The van der Waals surface area contributed by atoms with E-state index in [1.165, 1.54) is 13.2 Å². The number of fused-ring (bicyclic) bond motifs is 1. The zero-order chi connectivity index (χ0) is 21.7. The van der Waals surface area contributed by atoms with E-state index >= 15 is 0 Å². The van der Waals surface area contributed by atoms with Gasteiger partial charge in [0.25, 0.3) is 5.91 Å². The molecule has 1 aliphatic rings. The van der Waals surface area contributed by atoms with Gasteiger partial charge in [0.1, 0.15) is 6.54 Å². The molecule has 30 heavy (non-hydrogen) atoms. The van der Waals surface area contributed by atoms with Crippen LogP contribution in [0.5, 0.6) is 23.0 Å². The molecule has 0 saturated carbocycles. The number of hydrogen-bond donors (Lipinski definition) is 2. The van der Waals surface area contributed by atoms with Crippen LogP contribution in [-0.2, 0) is 17.9 Å². The van der Waals surface area contributed by atoms with Gasteiger partial charge >= 0.3 is 6.61 Å². The smallest absolute Gasteiger partial charge is 0.387 e. The quantitative estimate of drug-likeness (QED) is 0.643. The van der Waals surface area contributed by atoms with Crippen LogP contribution < -0.4 is 29.2 Å². The predicted molar refractivity (Wildman–Crippen MR) is 104 cm³/mol. The number of hydrogen-bond acceptors (Lipinski definition) is 5. The monoisotopic (exact) mass is 423 g/mol. The number of carbonyl (C=O) groups excluding carboxylic acids is 1. The molecule has 2 atom stereocenters. The Labute approximate surface area is 173 Å². The minimum Gasteiger partial charge on any atom is -0.493 e. The Morgan fingerprint density at radius 3 is 2.60 bits per heavy atom. The molecule has 2 aromatic carbocycles. The van der Waals surface area contributed by atoms with Gasteiger partial charge in [-0.05, 0) is 42.8 Å². The van der Waals surface area contributed by atoms with E-state index < -0.39 is 6.61 Å². The minimum absolute atomic E-state index is 0.0246. The maximum absolute atomic E-state index is 12.6. The summed E-state index contributed by atoms with van der Waals surface area (Å²) in [6.45, 7) is -0.0111. The van der Waals surface area contributed by atoms with Gasteiger partial charge in [0, 0.05) is 12.1 Å². The van der Waals surface area contributed by atoms with Crippen molar-refractivity contribution in [3.8, 4) is 23.0 Å². The molecule has 1 amide bonds. The highest BCUT2D eigenvalue weighted by Crippen LogP contribution is 2.32. The van der Waals surface area contributed by atoms with E-state index in [0.29, 0.717) is 24.6 Å². The van der Waals surface area contributed by atoms with Crippen LogP contribution in [0.25, 0.3) is 0 Å². The first-order valence-electron chi connectivity index (χ1n) is 9.47. The Morgan fingerprint density at radius 2 is 1.87 bits per heavy atom. The van der Waals surface area contributed by atoms with Crippen molar-refractivity contribution in [3.63, 3.8) is 0 Å². The third kappa shape index (κ3) is 5.29. The number of likely N-dealkylation sites (N-methyl/N-ethyl adjacent to an activating group) is 1. The molecule has 0 bridgehead atoms. The summed E-state index contributed by atoms with van der Waals surface area (Å²) in [6.07, 6.45) is 0. The average Bonchev–Trinajstić information content (AvgIpc) is 3.20. The largest absolute Gasteiger partial charge is 0.493 e. The van der Waals surface area contributed by atoms with E-state index in [-0.39, 0.29) is 30.2 Å². The topological polar surface area (TPSA) is 70.5 Å². The van der Waals surface area contributed by atoms with Gasteiger partial charge in [-0.2, -0.15) is 8.78 Å². The Kier molecular flexibility index (Phi) is 6.94. The molecule has 0 aliphatic carbocycles. The van der Waals surface area contributed by atoms with Gasteiger partial charge in [-0.1, -0.05) is 6.07 Å². The second kappa shape index (κ2) is 9.62. The number of rotatable bonds is 9. The lowest BCUT2D eigenvalue weighted by Gasteiger charge is -2.21. The zero-order valence-corrected chi connectivity index (χ0v) is 17.0. The number of methoxy groups -OCH3 is 1. The maximum atomic E-state index is 12.6. The molecule has 0 fully saturated rings. The van der Waals surface area contributed by atoms with E-state index in [2.05, 4.69) is 10.1 Å². The molecule has 1 heterocycles. The lowest BCUT2D eigenvalue weighted by Crippen LogP contribution is -3.12. The van der Waals surface area contributed by atoms with E-state index in [1.807, 2.05) is 32.2 Å². The van der Waals surface area contributed by atoms with Gasteiger partial charge in [-0.25, -0.2) is 0 Å². The van der Waals surface area contributed by atoms with Crippen molar-refractivity contribution >= 4 is 5.91 Å². The summed E-state index contributed by atoms with van der Waals surface area (Å²) < 4.78 is 45.1. The fourth-order valence-electron chi connectivity index (χ4n) is 3.11. The highest BCUT2D eigenvalue weighted by Gasteiger charge is 2.23. The summed E-state index contributed by atoms with van der Waals surface area (Å²) in [6, 6.07) is 9.97. The van der Waals surface area contributed by atoms with Crippen LogP contribution in [0.1, 0.15) is 18.1 Å². The van der Waals surface area contributed by atoms with Crippen molar-refractivity contribution in [1.82, 2.24) is 5.32 Å². The van der Waals surface area contributed by atoms with Crippen molar-refractivity contribution in [2.24, 2.45) is 0 Å². The molecule has 7 nitrogen and oxygen atoms in total. The van der Waals surface area contributed by atoms with E-state index in [9.17, 15) is 13.6 Å². The van der Waals surface area contributed by atoms with Gasteiger partial charge in [-0.3, -0.25) is 4.79 Å². The first kappa shape index (κ1) is 21.6. The predicted octanol–water partition coefficient (Wildman–Crippen LogP) is 1.74. The Hall–Kier alpha value is -3.07. The van der Waals surface area contributed by atoms with Crippen LogP contribution >= 0.6 is 0 Å². The van der Waals surface area contributed by atoms with Crippen LogP contribution in [0.4, 0.5) is 8.78 Å². The number of carbonyl (C=O) groups is 1. The van der Waals surface area contributed by atoms with Crippen molar-refractivity contribution in [2.75, 3.05) is 21.0 Å². The standard InChI is InChI=1S/C21H24F2N2O5/c1-13(20(26)24-10-14-4-6-16-19(8-14)29-12-28-16)25(2)11-15-5-7-17(30-21(22)23)18(9-15)27-3/h4-9,13,21H,10-12H2,1-3H3,(H,24,26)/p+1/t13-/m0/s1. The van der Waals surface area contributed by atoms with Crippen LogP contribution in [0.2, 0.25) is 0 Å². The number of quaternary nitrogens is 1. The number of amides is 1. The van der Waals surface area contributed by atoms with E-state index in [4.69, 9.17) is 14.2 Å². The number of halogens is 2. The van der Waals surface area contributed by atoms with Gasteiger partial charge in [0.2, 0.25) is 6.79 Å². The molecule has 2 N–H and O–H groups in total. The van der Waals surface area contributed by atoms with E-state index in [0.717, 1.165) is 16.0 Å². The third-order valence-electron chi connectivity index (χ3n) is 4.96. The zero-order valence-electron chi connectivity index (χ0n) is 17.0. The van der Waals surface area contributed by atoms with E-state index in [1.54, 1.807) is 12.1 Å². The molecule has 1 unspecified atom stereocenters. The summed E-state index contributed by atoms with van der Waals surface area (Å²) in [5, 5.41) is 2.93. The molecule has 9 heteroatoms. The third-order valence-corrected chi connectivity index (χ3v) is 4.96. The lowest BCUT2D eigenvalue weighted by molar-refractivity contribution is -0.908. The molecule has 0 saturated heterocycles. The fraction of sp³-hybridized carbons (Fsp3) is 0.381. The summed E-state index contributed by atoms with van der Waals surface area (Å²) in [7, 11) is 3.28. The second-order valence-corrected chi connectivity index (χ2v) is 7.01. The molecule has 162 valence electrons. The first-order valence-corrected chi connectivity index (χ1v) is 9.47. The van der Waals surface area contributed by atoms with Crippen LogP contribution in [0.15, 0.2) is 36.4 Å². The molecule has 1 aliphatic heterocycles. The molecule has 0 aromatic heterocycles. The number of alkyl halides is 2. The Balaban J connectivity index is 1.55. The molecule has 2 aromatic rings. The normalized spacial score (nSPS) is 14.3. The van der Waals surface area contributed by atoms with Crippen LogP contribution in [-0.4, -0.2) is 39.5 Å². The molecule has 0 radical (unpaired) electrons. The average molecular weight is 423 g/mol. The fourth-order valence-corrected chi connectivity index (χ4v) is 3.11. The van der Waals surface area contributed by atoms with Crippen LogP contribution in [0, 0.1) is 0 Å². The van der Waals surface area contributed by atoms with Crippen molar-refractivity contribution in [1.29, 1.82) is 0 Å². The van der Waals surface area contributed by atoms with Gasteiger partial charge in [0.05, 0.1) is 14.2 Å². The number of nitrogens with one attached hydrogen (secondary N) is 2. The second-order valence-electron chi connectivity index (χ2n) is 7.01. The maximum Gasteiger partial charge on any atom is 0.387 e. The van der Waals surface area contributed by atoms with Crippen molar-refractivity contribution in [2.45, 2.75) is 32.7 Å².